The normalized spacial score (nSPS) is 18.6. The Morgan fingerprint density at radius 3 is 2.83 bits per heavy atom. The minimum Gasteiger partial charge on any atom is -0.338 e. The van der Waals surface area contributed by atoms with Gasteiger partial charge in [0.2, 0.25) is 5.91 Å². The number of nitrogens with one attached hydrogen (secondary N) is 1. The Kier molecular flexibility index (Phi) is 4.30. The quantitative estimate of drug-likeness (QED) is 0.853. The molecule has 2 aliphatic rings. The van der Waals surface area contributed by atoms with Crippen LogP contribution in [0, 0.1) is 5.92 Å². The van der Waals surface area contributed by atoms with Crippen LogP contribution >= 0.6 is 28.3 Å². The van der Waals surface area contributed by atoms with Gasteiger partial charge in [0.25, 0.3) is 0 Å². The number of nitrogens with zero attached hydrogens (tertiary/aromatic N) is 1. The summed E-state index contributed by atoms with van der Waals surface area (Å²) in [6, 6.07) is 6.24. The molecule has 0 bridgehead atoms. The van der Waals surface area contributed by atoms with E-state index in [9.17, 15) is 4.79 Å². The highest BCUT2D eigenvalue weighted by molar-refractivity contribution is 9.10. The van der Waals surface area contributed by atoms with E-state index >= 15 is 0 Å². The van der Waals surface area contributed by atoms with E-state index in [1.165, 1.54) is 15.6 Å². The number of benzene rings is 1. The highest BCUT2D eigenvalue weighted by atomic mass is 79.9. The molecule has 5 heteroatoms. The summed E-state index contributed by atoms with van der Waals surface area (Å²) in [5.41, 5.74) is 2.65. The van der Waals surface area contributed by atoms with E-state index in [1.807, 2.05) is 11.0 Å². The molecule has 1 amide bonds. The third kappa shape index (κ3) is 2.42. The van der Waals surface area contributed by atoms with Crippen molar-refractivity contribution in [2.75, 3.05) is 19.6 Å². The van der Waals surface area contributed by atoms with Crippen LogP contribution in [0.25, 0.3) is 0 Å². The molecule has 1 fully saturated rings. The Bertz CT molecular complexity index is 462. The van der Waals surface area contributed by atoms with Crippen molar-refractivity contribution in [2.45, 2.75) is 13.0 Å². The van der Waals surface area contributed by atoms with E-state index in [2.05, 4.69) is 33.4 Å². The molecule has 0 radical (unpaired) electrons. The summed E-state index contributed by atoms with van der Waals surface area (Å²) in [4.78, 5) is 14.1. The Morgan fingerprint density at radius 1 is 1.39 bits per heavy atom. The molecule has 0 atom stereocenters. The Balaban J connectivity index is 0.00000120. The van der Waals surface area contributed by atoms with Crippen LogP contribution in [0.3, 0.4) is 0 Å². The fraction of sp³-hybridized carbons (Fsp3) is 0.462. The third-order valence-corrected chi connectivity index (χ3v) is 4.39. The first-order chi connectivity index (χ1) is 8.25. The summed E-state index contributed by atoms with van der Waals surface area (Å²) in [6.45, 7) is 3.32. The molecule has 0 aromatic heterocycles. The molecule has 2 aliphatic heterocycles. The molecule has 0 aliphatic carbocycles. The molecular weight excluding hydrogens is 316 g/mol. The first-order valence-corrected chi connectivity index (χ1v) is 6.81. The SMILES string of the molecule is Cl.O=C(C1CNC1)N1CCc2c(Br)cccc2C1. The first-order valence-electron chi connectivity index (χ1n) is 6.01. The molecule has 1 saturated heterocycles. The number of fused-ring (bicyclic) bond motifs is 1. The van der Waals surface area contributed by atoms with Gasteiger partial charge >= 0.3 is 0 Å². The van der Waals surface area contributed by atoms with Crippen molar-refractivity contribution in [1.82, 2.24) is 10.2 Å². The summed E-state index contributed by atoms with van der Waals surface area (Å²) < 4.78 is 1.17. The fourth-order valence-electron chi connectivity index (χ4n) is 2.47. The van der Waals surface area contributed by atoms with E-state index in [1.54, 1.807) is 0 Å². The summed E-state index contributed by atoms with van der Waals surface area (Å²) >= 11 is 3.58. The molecule has 3 rings (SSSR count). The first kappa shape index (κ1) is 13.8. The maximum Gasteiger partial charge on any atom is 0.228 e. The van der Waals surface area contributed by atoms with Gasteiger partial charge in [-0.15, -0.1) is 12.4 Å². The van der Waals surface area contributed by atoms with Crippen molar-refractivity contribution < 1.29 is 4.79 Å². The van der Waals surface area contributed by atoms with Gasteiger partial charge < -0.3 is 10.2 Å². The van der Waals surface area contributed by atoms with Crippen molar-refractivity contribution in [3.63, 3.8) is 0 Å². The fourth-order valence-corrected chi connectivity index (χ4v) is 3.08. The summed E-state index contributed by atoms with van der Waals surface area (Å²) in [7, 11) is 0. The van der Waals surface area contributed by atoms with Gasteiger partial charge in [0.1, 0.15) is 0 Å². The van der Waals surface area contributed by atoms with Crippen LogP contribution in [0.15, 0.2) is 22.7 Å². The third-order valence-electron chi connectivity index (χ3n) is 3.65. The zero-order valence-corrected chi connectivity index (χ0v) is 12.4. The smallest absolute Gasteiger partial charge is 0.228 e. The van der Waals surface area contributed by atoms with Crippen molar-refractivity contribution in [2.24, 2.45) is 5.92 Å². The number of halogens is 2. The zero-order chi connectivity index (χ0) is 11.8. The van der Waals surface area contributed by atoms with Crippen molar-refractivity contribution in [1.29, 1.82) is 0 Å². The van der Waals surface area contributed by atoms with E-state index in [0.29, 0.717) is 5.91 Å². The van der Waals surface area contributed by atoms with Gasteiger partial charge in [-0.2, -0.15) is 0 Å². The molecule has 1 aromatic rings. The Hall–Kier alpha value is -0.580. The van der Waals surface area contributed by atoms with Gasteiger partial charge in [-0.1, -0.05) is 28.1 Å². The van der Waals surface area contributed by atoms with Crippen LogP contribution in [0.4, 0.5) is 0 Å². The largest absolute Gasteiger partial charge is 0.338 e. The average Bonchev–Trinajstić information content (AvgIpc) is 2.26. The molecule has 1 N–H and O–H groups in total. The number of hydrogen-bond acceptors (Lipinski definition) is 2. The van der Waals surface area contributed by atoms with Crippen LogP contribution in [-0.4, -0.2) is 30.4 Å². The van der Waals surface area contributed by atoms with Gasteiger partial charge in [0, 0.05) is 30.7 Å². The van der Waals surface area contributed by atoms with Crippen LogP contribution < -0.4 is 5.32 Å². The lowest BCUT2D eigenvalue weighted by atomic mass is 9.96. The van der Waals surface area contributed by atoms with Crippen LogP contribution in [-0.2, 0) is 17.8 Å². The molecule has 18 heavy (non-hydrogen) atoms. The Morgan fingerprint density at radius 2 is 2.17 bits per heavy atom. The lowest BCUT2D eigenvalue weighted by Gasteiger charge is -2.35. The molecule has 1 aromatic carbocycles. The summed E-state index contributed by atoms with van der Waals surface area (Å²) in [5, 5.41) is 3.15. The molecule has 0 saturated carbocycles. The van der Waals surface area contributed by atoms with Gasteiger partial charge in [-0.05, 0) is 23.6 Å². The van der Waals surface area contributed by atoms with Gasteiger partial charge in [0.15, 0.2) is 0 Å². The van der Waals surface area contributed by atoms with Crippen LogP contribution in [0.5, 0.6) is 0 Å². The number of carbonyl (C=O) groups excluding carboxylic acids is 1. The molecular formula is C13H16BrClN2O. The molecule has 98 valence electrons. The average molecular weight is 332 g/mol. The highest BCUT2D eigenvalue weighted by Gasteiger charge is 2.31. The number of hydrogen-bond donors (Lipinski definition) is 1. The van der Waals surface area contributed by atoms with Gasteiger partial charge in [-0.3, -0.25) is 4.79 Å². The highest BCUT2D eigenvalue weighted by Crippen LogP contribution is 2.27. The topological polar surface area (TPSA) is 32.3 Å². The predicted molar refractivity (Wildman–Crippen MR) is 76.9 cm³/mol. The summed E-state index contributed by atoms with van der Waals surface area (Å²) in [5.74, 6) is 0.526. The van der Waals surface area contributed by atoms with Crippen LogP contribution in [0.1, 0.15) is 11.1 Å². The second-order valence-electron chi connectivity index (χ2n) is 4.74. The van der Waals surface area contributed by atoms with Crippen LogP contribution in [0.2, 0.25) is 0 Å². The number of amides is 1. The van der Waals surface area contributed by atoms with E-state index in [0.717, 1.165) is 32.6 Å². The number of rotatable bonds is 1. The van der Waals surface area contributed by atoms with E-state index in [4.69, 9.17) is 0 Å². The number of carbonyl (C=O) groups is 1. The summed E-state index contributed by atoms with van der Waals surface area (Å²) in [6.07, 6.45) is 0.961. The molecule has 0 unspecified atom stereocenters. The lowest BCUT2D eigenvalue weighted by Crippen LogP contribution is -2.52. The minimum atomic E-state index is 0. The molecule has 3 nitrogen and oxygen atoms in total. The Labute approximate surface area is 121 Å². The van der Waals surface area contributed by atoms with Gasteiger partial charge in [0.05, 0.1) is 5.92 Å². The van der Waals surface area contributed by atoms with Gasteiger partial charge in [-0.25, -0.2) is 0 Å². The maximum atomic E-state index is 12.1. The van der Waals surface area contributed by atoms with Crippen molar-refractivity contribution >= 4 is 34.2 Å². The van der Waals surface area contributed by atoms with E-state index < -0.39 is 0 Å². The molecule has 2 heterocycles. The second-order valence-corrected chi connectivity index (χ2v) is 5.60. The standard InChI is InChI=1S/C13H15BrN2O.ClH/c14-12-3-1-2-9-8-16(5-4-11(9)12)13(17)10-6-15-7-10;/h1-3,10,15H,4-8H2;1H. The second kappa shape index (κ2) is 5.59. The van der Waals surface area contributed by atoms with E-state index in [-0.39, 0.29) is 18.3 Å². The minimum absolute atomic E-state index is 0. The lowest BCUT2D eigenvalue weighted by molar-refractivity contribution is -0.138. The monoisotopic (exact) mass is 330 g/mol. The van der Waals surface area contributed by atoms with Crippen molar-refractivity contribution in [3.8, 4) is 0 Å². The maximum absolute atomic E-state index is 12.1. The zero-order valence-electron chi connectivity index (χ0n) is 9.99. The van der Waals surface area contributed by atoms with Crippen molar-refractivity contribution in [3.05, 3.63) is 33.8 Å². The molecule has 0 spiro atoms. The predicted octanol–water partition coefficient (Wildman–Crippen LogP) is 1.97.